The topological polar surface area (TPSA) is 69.7 Å². The molecule has 3 aromatic heterocycles. The fourth-order valence-corrected chi connectivity index (χ4v) is 13.2. The fourth-order valence-electron chi connectivity index (χ4n) is 9.69. The molecule has 0 saturated heterocycles. The van der Waals surface area contributed by atoms with Crippen LogP contribution in [0.4, 0.5) is 0 Å². The average Bonchev–Trinajstić information content (AvgIpc) is 4.26. The van der Waals surface area contributed by atoms with Crippen LogP contribution in [0.2, 0.25) is 0 Å². The summed E-state index contributed by atoms with van der Waals surface area (Å²) in [5.41, 5.74) is 16.0. The van der Waals surface area contributed by atoms with Crippen LogP contribution in [0.25, 0.3) is 90.5 Å². The second-order valence-electron chi connectivity index (χ2n) is 16.9. The first-order valence-electron chi connectivity index (χ1n) is 22.9. The van der Waals surface area contributed by atoms with Crippen LogP contribution in [-0.2, 0) is 0 Å². The molecule has 2 N–H and O–H groups in total. The molecule has 0 spiro atoms. The van der Waals surface area contributed by atoms with Crippen molar-refractivity contribution in [2.45, 2.75) is 0 Å². The minimum absolute atomic E-state index is 0.783. The Morgan fingerprint density at radius 2 is 0.618 bits per heavy atom. The van der Waals surface area contributed by atoms with E-state index in [1.54, 1.807) is 0 Å². The summed E-state index contributed by atoms with van der Waals surface area (Å²) in [6.07, 6.45) is 6.51. The molecule has 2 aliphatic rings. The quantitative estimate of drug-likeness (QED) is 0.149. The Kier molecular flexibility index (Phi) is 10.6. The molecular weight excluding hydrogens is 846 g/mol. The maximum absolute atomic E-state index is 6.23. The van der Waals surface area contributed by atoms with Gasteiger partial charge in [0.05, 0.1) is 35.5 Å². The fraction of sp³-hybridized carbons (Fsp3) is 0. The highest BCUT2D eigenvalue weighted by molar-refractivity contribution is 7.87. The van der Waals surface area contributed by atoms with Crippen LogP contribution in [0.5, 0.6) is 0 Å². The number of nitrogens with one attached hydrogen (secondary N) is 2. The summed E-state index contributed by atoms with van der Waals surface area (Å²) in [6, 6.07) is 83.5. The van der Waals surface area contributed by atoms with Crippen molar-refractivity contribution in [1.29, 1.82) is 0 Å². The van der Waals surface area contributed by atoms with E-state index in [9.17, 15) is 0 Å². The van der Waals surface area contributed by atoms with Gasteiger partial charge in [-0.1, -0.05) is 212 Å². The van der Waals surface area contributed by atoms with Gasteiger partial charge in [-0.25, -0.2) is 9.97 Å². The molecular formula is C62H44N5P. The van der Waals surface area contributed by atoms with E-state index in [1.165, 1.54) is 0 Å². The molecule has 0 fully saturated rings. The molecule has 5 heterocycles. The van der Waals surface area contributed by atoms with Crippen molar-refractivity contribution in [3.63, 3.8) is 0 Å². The molecule has 8 bridgehead atoms. The number of H-pyrrole nitrogens is 2. The van der Waals surface area contributed by atoms with Crippen molar-refractivity contribution in [1.82, 2.24) is 19.9 Å². The van der Waals surface area contributed by atoms with E-state index in [0.29, 0.717) is 0 Å². The van der Waals surface area contributed by atoms with E-state index < -0.39 is 7.05 Å². The van der Waals surface area contributed by atoms with Crippen LogP contribution in [0.3, 0.4) is 0 Å². The summed E-state index contributed by atoms with van der Waals surface area (Å²) < 4.78 is 6.23. The summed E-state index contributed by atoms with van der Waals surface area (Å²) in [4.78, 5) is 19.2. The number of hydrogen-bond donors (Lipinski definition) is 2. The summed E-state index contributed by atoms with van der Waals surface area (Å²) in [5, 5.41) is 3.46. The Morgan fingerprint density at radius 1 is 0.309 bits per heavy atom. The standard InChI is InChI=1S/C62H44N5P/c1-8-22-43(23-9-1)58-50-36-37-51(63-50)59(44-24-10-2-11-25-44)53-40-41-55(65-53)61(46-28-14-4-15-29-46)62-57(42-56(66-62)60(45-26-12-3-13-27-45)54-39-38-52(58)64-54)67-68(47-30-16-5-17-31-47,48-32-18-6-19-33-48)49-34-20-7-21-35-49/h1-42,64-65H. The van der Waals surface area contributed by atoms with Gasteiger partial charge in [0.2, 0.25) is 0 Å². The molecule has 322 valence electrons. The van der Waals surface area contributed by atoms with Crippen LogP contribution in [0.15, 0.2) is 241 Å². The number of rotatable bonds is 8. The highest BCUT2D eigenvalue weighted by Crippen LogP contribution is 2.51. The molecule has 2 aliphatic heterocycles. The normalized spacial score (nSPS) is 12.1. The smallest absolute Gasteiger partial charge is 0.0992 e. The van der Waals surface area contributed by atoms with Gasteiger partial charge in [-0.2, -0.15) is 0 Å². The molecule has 0 amide bonds. The third-order valence-electron chi connectivity index (χ3n) is 12.7. The Balaban J connectivity index is 1.31. The number of aromatic amines is 2. The highest BCUT2D eigenvalue weighted by atomic mass is 31.2. The van der Waals surface area contributed by atoms with Gasteiger partial charge in [0.15, 0.2) is 0 Å². The molecule has 0 unspecified atom stereocenters. The van der Waals surface area contributed by atoms with Crippen molar-refractivity contribution in [3.05, 3.63) is 259 Å². The number of benzene rings is 7. The lowest BCUT2D eigenvalue weighted by atomic mass is 10.0. The Hall–Kier alpha value is -8.63. The van der Waals surface area contributed by atoms with Gasteiger partial charge in [-0.3, -0.25) is 4.74 Å². The van der Waals surface area contributed by atoms with Crippen molar-refractivity contribution in [2.24, 2.45) is 4.74 Å². The third kappa shape index (κ3) is 7.36. The first-order chi connectivity index (χ1) is 33.7. The van der Waals surface area contributed by atoms with Crippen molar-refractivity contribution in [2.75, 3.05) is 0 Å². The first kappa shape index (κ1) is 40.8. The molecule has 0 aliphatic carbocycles. The van der Waals surface area contributed by atoms with Crippen molar-refractivity contribution < 1.29 is 0 Å². The first-order valence-corrected chi connectivity index (χ1v) is 24.7. The van der Waals surface area contributed by atoms with Crippen LogP contribution in [0.1, 0.15) is 22.8 Å². The molecule has 5 nitrogen and oxygen atoms in total. The molecule has 0 saturated carbocycles. The van der Waals surface area contributed by atoms with E-state index in [1.807, 2.05) is 0 Å². The lowest BCUT2D eigenvalue weighted by molar-refractivity contribution is 1.30. The second kappa shape index (κ2) is 17.6. The van der Waals surface area contributed by atoms with Crippen LogP contribution in [-0.4, -0.2) is 19.9 Å². The van der Waals surface area contributed by atoms with Gasteiger partial charge in [0.1, 0.15) is 0 Å². The van der Waals surface area contributed by atoms with E-state index in [0.717, 1.165) is 111 Å². The summed E-state index contributed by atoms with van der Waals surface area (Å²) in [7, 11) is -2.77. The van der Waals surface area contributed by atoms with Gasteiger partial charge in [0.25, 0.3) is 0 Å². The molecule has 6 heteroatoms. The highest BCUT2D eigenvalue weighted by Gasteiger charge is 2.31. The summed E-state index contributed by atoms with van der Waals surface area (Å²) >= 11 is 0. The lowest BCUT2D eigenvalue weighted by Gasteiger charge is -2.27. The number of nitrogens with zero attached hydrogens (tertiary/aromatic N) is 3. The summed E-state index contributed by atoms with van der Waals surface area (Å²) in [5.74, 6) is 0. The zero-order valence-corrected chi connectivity index (χ0v) is 37.9. The van der Waals surface area contributed by atoms with Crippen LogP contribution < -0.4 is 15.9 Å². The van der Waals surface area contributed by atoms with Gasteiger partial charge in [-0.05, 0) is 64.7 Å². The largest absolute Gasteiger partial charge is 0.354 e. The number of hydrogen-bond acceptors (Lipinski definition) is 3. The van der Waals surface area contributed by atoms with Crippen molar-refractivity contribution in [3.8, 4) is 44.5 Å². The second-order valence-corrected chi connectivity index (χ2v) is 19.9. The number of fused-ring (bicyclic) bond motifs is 8. The molecule has 12 rings (SSSR count). The van der Waals surface area contributed by atoms with Crippen molar-refractivity contribution >= 4 is 69.0 Å². The van der Waals surface area contributed by atoms with Gasteiger partial charge in [0, 0.05) is 60.2 Å². The predicted molar refractivity (Wildman–Crippen MR) is 287 cm³/mol. The predicted octanol–water partition coefficient (Wildman–Crippen LogP) is 14.8. The zero-order chi connectivity index (χ0) is 45.3. The molecule has 10 aromatic rings. The van der Waals surface area contributed by atoms with E-state index in [4.69, 9.17) is 14.7 Å². The van der Waals surface area contributed by atoms with E-state index in [-0.39, 0.29) is 0 Å². The van der Waals surface area contributed by atoms with Gasteiger partial charge < -0.3 is 9.97 Å². The minimum atomic E-state index is -2.77. The molecule has 0 radical (unpaired) electrons. The maximum atomic E-state index is 6.23. The zero-order valence-electron chi connectivity index (χ0n) is 37.0. The summed E-state index contributed by atoms with van der Waals surface area (Å²) in [6.45, 7) is 0. The SMILES string of the molecule is C1=Cc2nc1c(-c1ccccc1)c1ccc([nH]1)c(-c1ccccc1)c1nc(c(-c3ccccc3)c3ccc([nH]3)c2-c2ccccc2)C(N=P(c2ccccc2)(c2ccccc2)c2ccccc2)=C1. The van der Waals surface area contributed by atoms with E-state index >= 15 is 0 Å². The monoisotopic (exact) mass is 889 g/mol. The lowest BCUT2D eigenvalue weighted by Crippen LogP contribution is -2.25. The Morgan fingerprint density at radius 3 is 0.985 bits per heavy atom. The average molecular weight is 890 g/mol. The Bertz CT molecular complexity index is 3650. The Labute approximate surface area is 395 Å². The van der Waals surface area contributed by atoms with Crippen LogP contribution in [0, 0.1) is 0 Å². The third-order valence-corrected chi connectivity index (χ3v) is 16.4. The van der Waals surface area contributed by atoms with Crippen LogP contribution >= 0.6 is 7.05 Å². The van der Waals surface area contributed by atoms with E-state index in [2.05, 4.69) is 265 Å². The van der Waals surface area contributed by atoms with Gasteiger partial charge >= 0.3 is 0 Å². The maximum Gasteiger partial charge on any atom is 0.0992 e. The molecule has 0 atom stereocenters. The number of aromatic nitrogens is 4. The minimum Gasteiger partial charge on any atom is -0.354 e. The molecule has 7 aromatic carbocycles. The van der Waals surface area contributed by atoms with Gasteiger partial charge in [-0.15, -0.1) is 0 Å². The molecule has 68 heavy (non-hydrogen) atoms.